The third-order valence-electron chi connectivity index (χ3n) is 9.26. The lowest BCUT2D eigenvalue weighted by atomic mass is 9.71. The van der Waals surface area contributed by atoms with Gasteiger partial charge < -0.3 is 24.5 Å². The van der Waals surface area contributed by atoms with Crippen LogP contribution in [0.3, 0.4) is 0 Å². The molecule has 12 heteroatoms. The lowest BCUT2D eigenvalue weighted by Gasteiger charge is -2.61. The van der Waals surface area contributed by atoms with Crippen LogP contribution >= 0.6 is 11.3 Å². The standard InChI is InChI=1S/C32H36N8O3S/c1-5-40-28(37(4)30-35-26(25(15-33)44-30)22-8-6-20(2)7-9-22)23-14-24(21(3)34-27(23)36-40)38-16-31(17-38)18-39(19-31)29(41)32(42)10-12-43-13-11-32/h6-9,14,42H,5,10-13,16-19H2,1-4H3. The Bertz CT molecular complexity index is 1790. The van der Waals surface area contributed by atoms with Crippen molar-refractivity contribution in [1.29, 1.82) is 5.26 Å². The molecule has 0 saturated carbocycles. The van der Waals surface area contributed by atoms with Gasteiger partial charge in [-0.15, -0.1) is 0 Å². The number of carbonyl (C=O) groups excluding carboxylic acids is 1. The highest BCUT2D eigenvalue weighted by Crippen LogP contribution is 2.45. The van der Waals surface area contributed by atoms with Gasteiger partial charge >= 0.3 is 0 Å². The summed E-state index contributed by atoms with van der Waals surface area (Å²) in [5.41, 5.74) is 4.15. The highest BCUT2D eigenvalue weighted by Gasteiger charge is 2.56. The lowest BCUT2D eigenvalue weighted by Crippen LogP contribution is -2.75. The Hall–Kier alpha value is -4.05. The second kappa shape index (κ2) is 10.5. The molecule has 11 nitrogen and oxygen atoms in total. The summed E-state index contributed by atoms with van der Waals surface area (Å²) >= 11 is 1.37. The maximum atomic E-state index is 13.0. The van der Waals surface area contributed by atoms with Crippen molar-refractivity contribution in [3.63, 3.8) is 0 Å². The van der Waals surface area contributed by atoms with Gasteiger partial charge in [-0.1, -0.05) is 41.2 Å². The summed E-state index contributed by atoms with van der Waals surface area (Å²) in [4.78, 5) is 29.6. The second-order valence-corrected chi connectivity index (χ2v) is 13.5. The molecule has 0 aliphatic carbocycles. The normalized spacial score (nSPS) is 18.6. The number of nitrogens with zero attached hydrogens (tertiary/aromatic N) is 8. The number of rotatable bonds is 6. The summed E-state index contributed by atoms with van der Waals surface area (Å²) in [5.74, 6) is 0.724. The highest BCUT2D eigenvalue weighted by atomic mass is 32.1. The molecule has 6 heterocycles. The van der Waals surface area contributed by atoms with E-state index >= 15 is 0 Å². The molecule has 3 aliphatic heterocycles. The minimum absolute atomic E-state index is 0.0484. The SMILES string of the molecule is CCn1nc2nc(C)c(N3CC4(CN(C(=O)C5(O)CCOCC5)C4)C3)cc2c1N(C)c1nc(-c2ccc(C)cc2)c(C#N)s1. The van der Waals surface area contributed by atoms with Crippen molar-refractivity contribution in [3.8, 4) is 17.3 Å². The molecule has 1 amide bonds. The Kier molecular flexibility index (Phi) is 6.88. The van der Waals surface area contributed by atoms with Crippen molar-refractivity contribution < 1.29 is 14.6 Å². The number of ether oxygens (including phenoxy) is 1. The molecule has 0 unspecified atom stereocenters. The number of aromatic nitrogens is 4. The van der Waals surface area contributed by atoms with Crippen LogP contribution in [0, 0.1) is 30.6 Å². The van der Waals surface area contributed by atoms with Crippen molar-refractivity contribution in [2.75, 3.05) is 56.2 Å². The van der Waals surface area contributed by atoms with Crippen LogP contribution in [-0.2, 0) is 16.1 Å². The third kappa shape index (κ3) is 4.62. The van der Waals surface area contributed by atoms with E-state index in [1.54, 1.807) is 0 Å². The van der Waals surface area contributed by atoms with Gasteiger partial charge in [0.25, 0.3) is 5.91 Å². The molecule has 7 rings (SSSR count). The van der Waals surface area contributed by atoms with Gasteiger partial charge in [-0.2, -0.15) is 10.4 Å². The summed E-state index contributed by atoms with van der Waals surface area (Å²) in [5, 5.41) is 27.2. The van der Waals surface area contributed by atoms with Crippen LogP contribution in [0.25, 0.3) is 22.3 Å². The van der Waals surface area contributed by atoms with Gasteiger partial charge in [0.15, 0.2) is 10.8 Å². The number of amides is 1. The van der Waals surface area contributed by atoms with Crippen molar-refractivity contribution in [2.24, 2.45) is 5.41 Å². The Morgan fingerprint density at radius 1 is 1.14 bits per heavy atom. The molecular formula is C32H36N8O3S. The van der Waals surface area contributed by atoms with Crippen LogP contribution in [-0.4, -0.2) is 87.7 Å². The molecule has 1 spiro atoms. The van der Waals surface area contributed by atoms with Gasteiger partial charge in [0.2, 0.25) is 0 Å². The number of likely N-dealkylation sites (tertiary alicyclic amines) is 1. The van der Waals surface area contributed by atoms with Gasteiger partial charge in [-0.3, -0.25) is 4.79 Å². The van der Waals surface area contributed by atoms with Crippen LogP contribution in [0.5, 0.6) is 0 Å². The van der Waals surface area contributed by atoms with Crippen LogP contribution < -0.4 is 9.80 Å². The van der Waals surface area contributed by atoms with Crippen LogP contribution in [0.15, 0.2) is 30.3 Å². The highest BCUT2D eigenvalue weighted by molar-refractivity contribution is 7.16. The minimum Gasteiger partial charge on any atom is -0.381 e. The Morgan fingerprint density at radius 3 is 2.50 bits per heavy atom. The van der Waals surface area contributed by atoms with Crippen molar-refractivity contribution >= 4 is 44.9 Å². The summed E-state index contributed by atoms with van der Waals surface area (Å²) in [7, 11) is 1.96. The predicted molar refractivity (Wildman–Crippen MR) is 169 cm³/mol. The third-order valence-corrected chi connectivity index (χ3v) is 10.3. The molecule has 3 aromatic heterocycles. The average molecular weight is 613 g/mol. The number of hydrogen-bond acceptors (Lipinski definition) is 10. The van der Waals surface area contributed by atoms with Crippen molar-refractivity contribution in [2.45, 2.75) is 45.8 Å². The van der Waals surface area contributed by atoms with Crippen molar-refractivity contribution in [3.05, 3.63) is 46.5 Å². The lowest BCUT2D eigenvalue weighted by molar-refractivity contribution is -0.174. The molecule has 228 valence electrons. The number of anilines is 3. The molecule has 0 atom stereocenters. The average Bonchev–Trinajstić information content (AvgIpc) is 3.57. The van der Waals surface area contributed by atoms with E-state index < -0.39 is 5.60 Å². The van der Waals surface area contributed by atoms with E-state index in [9.17, 15) is 15.2 Å². The maximum Gasteiger partial charge on any atom is 0.254 e. The zero-order valence-corrected chi connectivity index (χ0v) is 26.3. The smallest absolute Gasteiger partial charge is 0.254 e. The van der Waals surface area contributed by atoms with E-state index in [4.69, 9.17) is 19.8 Å². The quantitative estimate of drug-likeness (QED) is 0.344. The number of carbonyl (C=O) groups is 1. The summed E-state index contributed by atoms with van der Waals surface area (Å²) in [6, 6.07) is 12.6. The molecular weight excluding hydrogens is 576 g/mol. The molecule has 1 aromatic carbocycles. The summed E-state index contributed by atoms with van der Waals surface area (Å²) in [6.07, 6.45) is 0.723. The molecule has 3 aliphatic rings. The van der Waals surface area contributed by atoms with Crippen LogP contribution in [0.4, 0.5) is 16.6 Å². The molecule has 0 radical (unpaired) electrons. The fraction of sp³-hybridized carbons (Fsp3) is 0.469. The predicted octanol–water partition coefficient (Wildman–Crippen LogP) is 4.02. The van der Waals surface area contributed by atoms with Gasteiger partial charge in [0.1, 0.15) is 28.1 Å². The van der Waals surface area contributed by atoms with E-state index in [1.165, 1.54) is 11.3 Å². The molecule has 1 N–H and O–H groups in total. The first kappa shape index (κ1) is 28.7. The molecule has 44 heavy (non-hydrogen) atoms. The zero-order valence-electron chi connectivity index (χ0n) is 25.5. The number of benzene rings is 1. The van der Waals surface area contributed by atoms with Crippen molar-refractivity contribution in [1.82, 2.24) is 24.6 Å². The van der Waals surface area contributed by atoms with Crippen LogP contribution in [0.2, 0.25) is 0 Å². The van der Waals surface area contributed by atoms with Gasteiger partial charge in [-0.05, 0) is 26.8 Å². The molecule has 3 saturated heterocycles. The van der Waals surface area contributed by atoms with Crippen LogP contribution in [0.1, 0.15) is 35.9 Å². The first-order valence-corrected chi connectivity index (χ1v) is 15.9. The number of aryl methyl sites for hydroxylation is 3. The van der Waals surface area contributed by atoms with Gasteiger partial charge in [0, 0.05) is 76.8 Å². The topological polar surface area (TPSA) is 124 Å². The molecule has 3 fully saturated rings. The van der Waals surface area contributed by atoms with E-state index in [-0.39, 0.29) is 11.3 Å². The second-order valence-electron chi connectivity index (χ2n) is 12.5. The number of nitriles is 1. The minimum atomic E-state index is -1.29. The Labute approximate surface area is 260 Å². The van der Waals surface area contributed by atoms with E-state index in [1.807, 2.05) is 59.6 Å². The summed E-state index contributed by atoms with van der Waals surface area (Å²) in [6.45, 7) is 10.6. The fourth-order valence-corrected chi connectivity index (χ4v) is 7.65. The fourth-order valence-electron chi connectivity index (χ4n) is 6.80. The van der Waals surface area contributed by atoms with Gasteiger partial charge in [-0.25, -0.2) is 14.6 Å². The molecule has 4 aromatic rings. The number of aliphatic hydroxyl groups is 1. The summed E-state index contributed by atoms with van der Waals surface area (Å²) < 4.78 is 7.29. The Balaban J connectivity index is 1.14. The first-order chi connectivity index (χ1) is 21.1. The first-order valence-electron chi connectivity index (χ1n) is 15.1. The monoisotopic (exact) mass is 612 g/mol. The Morgan fingerprint density at radius 2 is 1.84 bits per heavy atom. The molecule has 0 bridgehead atoms. The van der Waals surface area contributed by atoms with E-state index in [0.29, 0.717) is 67.0 Å². The maximum absolute atomic E-state index is 13.0. The van der Waals surface area contributed by atoms with E-state index in [2.05, 4.69) is 24.0 Å². The number of hydrogen-bond donors (Lipinski definition) is 1. The number of pyridine rings is 1. The van der Waals surface area contributed by atoms with Gasteiger partial charge in [0.05, 0.1) is 16.8 Å². The number of fused-ring (bicyclic) bond motifs is 1. The van der Waals surface area contributed by atoms with E-state index in [0.717, 1.165) is 46.8 Å². The largest absolute Gasteiger partial charge is 0.381 e. The number of thiazole rings is 1. The zero-order chi connectivity index (χ0) is 30.8.